The van der Waals surface area contributed by atoms with Gasteiger partial charge in [0, 0.05) is 50.7 Å². The molecule has 21 heavy (non-hydrogen) atoms. The Morgan fingerprint density at radius 3 is 2.86 bits per heavy atom. The van der Waals surface area contributed by atoms with Crippen LogP contribution >= 0.6 is 0 Å². The van der Waals surface area contributed by atoms with E-state index in [4.69, 9.17) is 4.74 Å². The number of nitrogens with zero attached hydrogens (tertiary/aromatic N) is 2. The Balaban J connectivity index is 1.52. The zero-order valence-corrected chi connectivity index (χ0v) is 12.3. The van der Waals surface area contributed by atoms with Gasteiger partial charge in [-0.2, -0.15) is 0 Å². The van der Waals surface area contributed by atoms with Crippen molar-refractivity contribution in [3.63, 3.8) is 0 Å². The molecule has 6 heteroatoms. The summed E-state index contributed by atoms with van der Waals surface area (Å²) in [4.78, 5) is 22.4. The number of hydrogen-bond acceptors (Lipinski definition) is 4. The molecule has 4 atom stereocenters. The number of rotatable bonds is 2. The van der Waals surface area contributed by atoms with E-state index in [2.05, 4.69) is 15.3 Å². The van der Waals surface area contributed by atoms with Gasteiger partial charge in [0.15, 0.2) is 0 Å². The third-order valence-electron chi connectivity index (χ3n) is 5.33. The molecule has 1 saturated heterocycles. The number of carbonyl (C=O) groups is 1. The maximum absolute atomic E-state index is 12.9. The summed E-state index contributed by atoms with van der Waals surface area (Å²) in [5.41, 5.74) is 1.98. The normalized spacial score (nSPS) is 34.8. The topological polar surface area (TPSA) is 70.2 Å². The minimum Gasteiger partial charge on any atom is -0.381 e. The zero-order valence-electron chi connectivity index (χ0n) is 12.3. The fourth-order valence-electron chi connectivity index (χ4n) is 4.34. The van der Waals surface area contributed by atoms with Crippen LogP contribution in [-0.2, 0) is 16.0 Å². The summed E-state index contributed by atoms with van der Waals surface area (Å²) in [5.74, 6) is 1.18. The standard InChI is InChI=1S/C15H22N4O2/c1-21-14-9-2-3-10(14)7-19(6-9)15(20)13-12-11(4-5-16-13)17-8-18-12/h8-10,13-14,16H,2-7H2,1H3,(H,17,18)/t9-,10+,13-,14?/m1/s1. The molecule has 0 radical (unpaired) electrons. The van der Waals surface area contributed by atoms with Gasteiger partial charge in [-0.15, -0.1) is 0 Å². The zero-order chi connectivity index (χ0) is 14.4. The number of methoxy groups -OCH3 is 1. The van der Waals surface area contributed by atoms with Crippen molar-refractivity contribution >= 4 is 5.91 Å². The molecule has 0 aromatic carbocycles. The van der Waals surface area contributed by atoms with Crippen LogP contribution in [0, 0.1) is 11.8 Å². The Bertz CT molecular complexity index is 530. The molecule has 1 aliphatic carbocycles. The third-order valence-corrected chi connectivity index (χ3v) is 5.33. The molecular weight excluding hydrogens is 268 g/mol. The SMILES string of the molecule is COC1[C@@H]2CC[C@H]1CN(C(=O)[C@@H]1NCCc3[nH]cnc31)C2. The molecule has 2 N–H and O–H groups in total. The molecule has 1 aromatic rings. The average molecular weight is 290 g/mol. The number of hydrogen-bond donors (Lipinski definition) is 2. The Labute approximate surface area is 124 Å². The van der Waals surface area contributed by atoms with Crippen molar-refractivity contribution in [1.29, 1.82) is 0 Å². The fourth-order valence-corrected chi connectivity index (χ4v) is 4.34. The quantitative estimate of drug-likeness (QED) is 0.831. The molecule has 2 bridgehead atoms. The highest BCUT2D eigenvalue weighted by molar-refractivity contribution is 5.83. The maximum Gasteiger partial charge on any atom is 0.246 e. The van der Waals surface area contributed by atoms with E-state index in [1.54, 1.807) is 13.4 Å². The first-order chi connectivity index (χ1) is 10.3. The second-order valence-electron chi connectivity index (χ2n) is 6.44. The second kappa shape index (κ2) is 5.10. The molecule has 3 heterocycles. The van der Waals surface area contributed by atoms with Gasteiger partial charge in [-0.25, -0.2) is 4.98 Å². The minimum absolute atomic E-state index is 0.175. The smallest absolute Gasteiger partial charge is 0.246 e. The highest BCUT2D eigenvalue weighted by Crippen LogP contribution is 2.39. The number of fused-ring (bicyclic) bond motifs is 3. The van der Waals surface area contributed by atoms with Crippen LogP contribution in [0.15, 0.2) is 6.33 Å². The van der Waals surface area contributed by atoms with E-state index in [0.717, 1.165) is 37.4 Å². The van der Waals surface area contributed by atoms with E-state index >= 15 is 0 Å². The molecular formula is C15H22N4O2. The molecule has 3 aliphatic rings. The minimum atomic E-state index is -0.279. The van der Waals surface area contributed by atoms with Gasteiger partial charge in [0.25, 0.3) is 0 Å². The van der Waals surface area contributed by atoms with Crippen LogP contribution in [-0.4, -0.2) is 53.6 Å². The van der Waals surface area contributed by atoms with Crippen LogP contribution in [0.25, 0.3) is 0 Å². The molecule has 2 fully saturated rings. The van der Waals surface area contributed by atoms with E-state index in [1.165, 1.54) is 12.8 Å². The van der Waals surface area contributed by atoms with Crippen LogP contribution < -0.4 is 5.32 Å². The largest absolute Gasteiger partial charge is 0.381 e. The van der Waals surface area contributed by atoms with E-state index in [0.29, 0.717) is 17.9 Å². The summed E-state index contributed by atoms with van der Waals surface area (Å²) in [6, 6.07) is -0.279. The Morgan fingerprint density at radius 2 is 2.14 bits per heavy atom. The molecule has 2 aliphatic heterocycles. The lowest BCUT2D eigenvalue weighted by Gasteiger charge is -2.39. The lowest BCUT2D eigenvalue weighted by atomic mass is 9.93. The van der Waals surface area contributed by atoms with Crippen molar-refractivity contribution in [3.05, 3.63) is 17.7 Å². The van der Waals surface area contributed by atoms with Crippen molar-refractivity contribution in [2.45, 2.75) is 31.4 Å². The number of aromatic nitrogens is 2. The van der Waals surface area contributed by atoms with Crippen molar-refractivity contribution < 1.29 is 9.53 Å². The van der Waals surface area contributed by atoms with Crippen LogP contribution in [0.1, 0.15) is 30.3 Å². The Kier molecular flexibility index (Phi) is 3.23. The van der Waals surface area contributed by atoms with Crippen molar-refractivity contribution in [3.8, 4) is 0 Å². The molecule has 6 nitrogen and oxygen atoms in total. The molecule has 1 saturated carbocycles. The van der Waals surface area contributed by atoms with Gasteiger partial charge in [0.1, 0.15) is 6.04 Å². The molecule has 4 rings (SSSR count). The first-order valence-electron chi connectivity index (χ1n) is 7.85. The lowest BCUT2D eigenvalue weighted by molar-refractivity contribution is -0.139. The van der Waals surface area contributed by atoms with Gasteiger partial charge in [0.05, 0.1) is 18.1 Å². The molecule has 1 aromatic heterocycles. The number of ether oxygens (including phenoxy) is 1. The summed E-state index contributed by atoms with van der Waals surface area (Å²) in [6.45, 7) is 2.48. The predicted octanol–water partition coefficient (Wildman–Crippen LogP) is 0.480. The van der Waals surface area contributed by atoms with Gasteiger partial charge in [-0.3, -0.25) is 4.79 Å². The highest BCUT2D eigenvalue weighted by atomic mass is 16.5. The summed E-state index contributed by atoms with van der Waals surface area (Å²) in [7, 11) is 1.80. The van der Waals surface area contributed by atoms with Crippen molar-refractivity contribution in [2.75, 3.05) is 26.7 Å². The van der Waals surface area contributed by atoms with Gasteiger partial charge >= 0.3 is 0 Å². The number of likely N-dealkylation sites (tertiary alicyclic amines) is 1. The van der Waals surface area contributed by atoms with Gasteiger partial charge in [-0.05, 0) is 12.8 Å². The highest BCUT2D eigenvalue weighted by Gasteiger charge is 2.45. The summed E-state index contributed by atoms with van der Waals surface area (Å²) < 4.78 is 5.62. The van der Waals surface area contributed by atoms with Crippen molar-refractivity contribution in [2.24, 2.45) is 11.8 Å². The van der Waals surface area contributed by atoms with E-state index in [-0.39, 0.29) is 11.9 Å². The molecule has 1 unspecified atom stereocenters. The second-order valence-corrected chi connectivity index (χ2v) is 6.44. The van der Waals surface area contributed by atoms with E-state index < -0.39 is 0 Å². The Hall–Kier alpha value is -1.40. The fraction of sp³-hybridized carbons (Fsp3) is 0.733. The summed E-state index contributed by atoms with van der Waals surface area (Å²) in [5, 5.41) is 3.33. The lowest BCUT2D eigenvalue weighted by Crippen LogP contribution is -2.52. The van der Waals surface area contributed by atoms with Crippen LogP contribution in [0.5, 0.6) is 0 Å². The Morgan fingerprint density at radius 1 is 1.38 bits per heavy atom. The van der Waals surface area contributed by atoms with E-state index in [1.807, 2.05) is 4.90 Å². The average Bonchev–Trinajstić information content (AvgIpc) is 3.08. The number of piperidine rings is 1. The number of nitrogens with one attached hydrogen (secondary N) is 2. The molecule has 114 valence electrons. The molecule has 0 spiro atoms. The monoisotopic (exact) mass is 290 g/mol. The summed E-state index contributed by atoms with van der Waals surface area (Å²) >= 11 is 0. The van der Waals surface area contributed by atoms with E-state index in [9.17, 15) is 4.79 Å². The maximum atomic E-state index is 12.9. The van der Waals surface area contributed by atoms with Gasteiger partial charge in [0.2, 0.25) is 5.91 Å². The predicted molar refractivity (Wildman–Crippen MR) is 76.6 cm³/mol. The van der Waals surface area contributed by atoms with Gasteiger partial charge in [-0.1, -0.05) is 0 Å². The van der Waals surface area contributed by atoms with Gasteiger partial charge < -0.3 is 19.9 Å². The van der Waals surface area contributed by atoms with Crippen LogP contribution in [0.4, 0.5) is 0 Å². The van der Waals surface area contributed by atoms with Crippen LogP contribution in [0.3, 0.4) is 0 Å². The number of aromatic amines is 1. The number of imidazole rings is 1. The summed E-state index contributed by atoms with van der Waals surface area (Å²) in [6.07, 6.45) is 5.31. The number of H-pyrrole nitrogens is 1. The van der Waals surface area contributed by atoms with Crippen LogP contribution in [0.2, 0.25) is 0 Å². The number of carbonyl (C=O) groups excluding carboxylic acids is 1. The third kappa shape index (κ3) is 2.08. The first kappa shape index (κ1) is 13.3. The first-order valence-corrected chi connectivity index (χ1v) is 7.85. The number of amides is 1. The van der Waals surface area contributed by atoms with Crippen molar-refractivity contribution in [1.82, 2.24) is 20.2 Å². The molecule has 1 amide bonds.